The molecule has 0 aliphatic carbocycles. The number of hydrogen-bond donors (Lipinski definition) is 1. The predicted molar refractivity (Wildman–Crippen MR) is 92.6 cm³/mol. The summed E-state index contributed by atoms with van der Waals surface area (Å²) in [5.74, 6) is 0.704. The molecule has 138 valence electrons. The summed E-state index contributed by atoms with van der Waals surface area (Å²) in [5, 5.41) is 3.24. The summed E-state index contributed by atoms with van der Waals surface area (Å²) in [6, 6.07) is 7.22. The number of thioether (sulfide) groups is 1. The number of benzene rings is 1. The number of alkyl halides is 2. The Morgan fingerprint density at radius 1 is 1.00 bits per heavy atom. The first-order chi connectivity index (χ1) is 12.1. The maximum atomic E-state index is 12.2. The molecule has 0 atom stereocenters. The summed E-state index contributed by atoms with van der Waals surface area (Å²) >= 11 is 0.543. The molecule has 1 aromatic carbocycles. The molecule has 8 heteroatoms. The topological polar surface area (TPSA) is 52.9 Å². The molecule has 0 saturated carbocycles. The molecule has 0 fully saturated rings. The second kappa shape index (κ2) is 9.53. The molecule has 0 unspecified atom stereocenters. The van der Waals surface area contributed by atoms with Gasteiger partial charge in [-0.15, -0.1) is 0 Å². The molecule has 0 radical (unpaired) electrons. The van der Waals surface area contributed by atoms with Crippen molar-refractivity contribution in [2.45, 2.75) is 24.6 Å². The molecule has 2 aromatic rings. The number of nitrogens with one attached hydrogen (secondary N) is 1. The minimum absolute atomic E-state index is 0.157. The molecule has 1 N–H and O–H groups in total. The monoisotopic (exact) mass is 373 g/mol. The van der Waals surface area contributed by atoms with Gasteiger partial charge in [-0.2, -0.15) is 8.78 Å². The Bertz CT molecular complexity index is 653. The third kappa shape index (κ3) is 5.54. The van der Waals surface area contributed by atoms with Gasteiger partial charge >= 0.3 is 0 Å². The van der Waals surface area contributed by atoms with Crippen LogP contribution < -0.4 is 19.5 Å². The molecule has 1 aromatic heterocycles. The van der Waals surface area contributed by atoms with E-state index in [1.165, 1.54) is 0 Å². The number of hydrogen-bond acceptors (Lipinski definition) is 6. The normalized spacial score (nSPS) is 11.0. The Kier molecular flexibility index (Phi) is 7.39. The van der Waals surface area contributed by atoms with Crippen LogP contribution in [0.5, 0.6) is 17.2 Å². The van der Waals surface area contributed by atoms with Crippen LogP contribution in [0.4, 0.5) is 8.78 Å². The van der Waals surface area contributed by atoms with E-state index in [9.17, 15) is 8.78 Å². The molecular formula is C17H21F2NO4S. The van der Waals surface area contributed by atoms with Gasteiger partial charge in [0.1, 0.15) is 11.5 Å². The van der Waals surface area contributed by atoms with Crippen molar-refractivity contribution in [3.05, 3.63) is 41.3 Å². The van der Waals surface area contributed by atoms with E-state index in [-0.39, 0.29) is 5.75 Å². The van der Waals surface area contributed by atoms with E-state index < -0.39 is 5.76 Å². The minimum atomic E-state index is -2.40. The average molecular weight is 373 g/mol. The smallest absolute Gasteiger partial charge is 0.284 e. The first-order valence-corrected chi connectivity index (χ1v) is 8.59. The summed E-state index contributed by atoms with van der Waals surface area (Å²) < 4.78 is 45.8. The van der Waals surface area contributed by atoms with Crippen LogP contribution in [0.1, 0.15) is 17.1 Å². The quantitative estimate of drug-likeness (QED) is 0.678. The SMILES string of the molecule is COc1cc(CNCc2ccc(CSC(F)F)o2)cc(OC)c1OC. The van der Waals surface area contributed by atoms with Crippen molar-refractivity contribution in [1.82, 2.24) is 5.32 Å². The third-order valence-corrected chi connectivity index (χ3v) is 4.12. The average Bonchev–Trinajstić information content (AvgIpc) is 3.06. The van der Waals surface area contributed by atoms with Gasteiger partial charge in [-0.25, -0.2) is 0 Å². The van der Waals surface area contributed by atoms with Crippen molar-refractivity contribution in [1.29, 1.82) is 0 Å². The molecule has 0 amide bonds. The molecular weight excluding hydrogens is 352 g/mol. The van der Waals surface area contributed by atoms with E-state index in [1.807, 2.05) is 12.1 Å². The van der Waals surface area contributed by atoms with Gasteiger partial charge in [-0.3, -0.25) is 0 Å². The van der Waals surface area contributed by atoms with Crippen LogP contribution in [0.15, 0.2) is 28.7 Å². The molecule has 0 aliphatic rings. The highest BCUT2D eigenvalue weighted by Gasteiger charge is 2.13. The number of ether oxygens (including phenoxy) is 3. The van der Waals surface area contributed by atoms with Gasteiger partial charge in [0.25, 0.3) is 5.76 Å². The van der Waals surface area contributed by atoms with Gasteiger partial charge < -0.3 is 23.9 Å². The van der Waals surface area contributed by atoms with Gasteiger partial charge in [0, 0.05) is 6.54 Å². The third-order valence-electron chi connectivity index (χ3n) is 3.42. The maximum Gasteiger partial charge on any atom is 0.284 e. The van der Waals surface area contributed by atoms with E-state index in [1.54, 1.807) is 33.5 Å². The zero-order valence-electron chi connectivity index (χ0n) is 14.3. The highest BCUT2D eigenvalue weighted by atomic mass is 32.2. The molecule has 0 spiro atoms. The van der Waals surface area contributed by atoms with Crippen LogP contribution in [-0.2, 0) is 18.8 Å². The molecule has 0 bridgehead atoms. The van der Waals surface area contributed by atoms with E-state index in [2.05, 4.69) is 5.32 Å². The van der Waals surface area contributed by atoms with E-state index in [4.69, 9.17) is 18.6 Å². The standard InChI is InChI=1S/C17H21F2NO4S/c1-21-14-6-11(7-15(22-2)16(14)23-3)8-20-9-12-4-5-13(24-12)10-25-17(18)19/h4-7,17,20H,8-10H2,1-3H3. The number of furan rings is 1. The van der Waals surface area contributed by atoms with Crippen molar-refractivity contribution < 1.29 is 27.4 Å². The molecule has 0 saturated heterocycles. The van der Waals surface area contributed by atoms with Gasteiger partial charge in [0.15, 0.2) is 11.5 Å². The first kappa shape index (κ1) is 19.4. The summed E-state index contributed by atoms with van der Waals surface area (Å²) in [5.41, 5.74) is 0.953. The summed E-state index contributed by atoms with van der Waals surface area (Å²) in [6.07, 6.45) is 0. The Balaban J connectivity index is 1.93. The molecule has 1 heterocycles. The zero-order valence-corrected chi connectivity index (χ0v) is 15.1. The fourth-order valence-electron chi connectivity index (χ4n) is 2.31. The van der Waals surface area contributed by atoms with Crippen LogP contribution in [-0.4, -0.2) is 27.1 Å². The highest BCUT2D eigenvalue weighted by Crippen LogP contribution is 2.38. The fourth-order valence-corrected chi connectivity index (χ4v) is 2.75. The molecule has 0 aliphatic heterocycles. The largest absolute Gasteiger partial charge is 0.493 e. The Morgan fingerprint density at radius 3 is 2.20 bits per heavy atom. The Hall–Kier alpha value is -1.93. The van der Waals surface area contributed by atoms with Crippen molar-refractivity contribution in [2.75, 3.05) is 21.3 Å². The van der Waals surface area contributed by atoms with Gasteiger partial charge in [-0.05, 0) is 29.8 Å². The van der Waals surface area contributed by atoms with Crippen LogP contribution in [0.2, 0.25) is 0 Å². The second-order valence-electron chi connectivity index (χ2n) is 5.08. The lowest BCUT2D eigenvalue weighted by Crippen LogP contribution is -2.12. The fraction of sp³-hybridized carbons (Fsp3) is 0.412. The number of methoxy groups -OCH3 is 3. The van der Waals surface area contributed by atoms with Crippen LogP contribution in [0, 0.1) is 0 Å². The molecule has 5 nitrogen and oxygen atoms in total. The summed E-state index contributed by atoms with van der Waals surface area (Å²) in [4.78, 5) is 0. The zero-order chi connectivity index (χ0) is 18.2. The van der Waals surface area contributed by atoms with Crippen molar-refractivity contribution in [2.24, 2.45) is 0 Å². The van der Waals surface area contributed by atoms with Crippen LogP contribution in [0.3, 0.4) is 0 Å². The lowest BCUT2D eigenvalue weighted by atomic mass is 10.1. The van der Waals surface area contributed by atoms with E-state index >= 15 is 0 Å². The minimum Gasteiger partial charge on any atom is -0.493 e. The van der Waals surface area contributed by atoms with E-state index in [0.717, 1.165) is 5.56 Å². The Morgan fingerprint density at radius 2 is 1.64 bits per heavy atom. The van der Waals surface area contributed by atoms with Crippen LogP contribution in [0.25, 0.3) is 0 Å². The van der Waals surface area contributed by atoms with Crippen molar-refractivity contribution in [3.8, 4) is 17.2 Å². The van der Waals surface area contributed by atoms with E-state index in [0.29, 0.717) is 53.6 Å². The van der Waals surface area contributed by atoms with Gasteiger partial charge in [0.2, 0.25) is 5.75 Å². The lowest BCUT2D eigenvalue weighted by molar-refractivity contribution is 0.251. The maximum absolute atomic E-state index is 12.2. The van der Waals surface area contributed by atoms with Gasteiger partial charge in [-0.1, -0.05) is 11.8 Å². The number of halogens is 2. The van der Waals surface area contributed by atoms with Crippen LogP contribution >= 0.6 is 11.8 Å². The van der Waals surface area contributed by atoms with Crippen molar-refractivity contribution in [3.63, 3.8) is 0 Å². The number of rotatable bonds is 10. The van der Waals surface area contributed by atoms with Gasteiger partial charge in [0.05, 0.1) is 33.6 Å². The Labute approximate surface area is 149 Å². The van der Waals surface area contributed by atoms with Crippen molar-refractivity contribution >= 4 is 11.8 Å². The molecule has 2 rings (SSSR count). The second-order valence-corrected chi connectivity index (χ2v) is 6.06. The molecule has 25 heavy (non-hydrogen) atoms. The lowest BCUT2D eigenvalue weighted by Gasteiger charge is -2.14. The summed E-state index contributed by atoms with van der Waals surface area (Å²) in [6.45, 7) is 1.04. The summed E-state index contributed by atoms with van der Waals surface area (Å²) in [7, 11) is 4.69. The predicted octanol–water partition coefficient (Wildman–Crippen LogP) is 4.05. The highest BCUT2D eigenvalue weighted by molar-refractivity contribution is 7.98. The first-order valence-electron chi connectivity index (χ1n) is 7.54.